The molecule has 1 aliphatic heterocycles. The maximum absolute atomic E-state index is 5.66. The Bertz CT molecular complexity index is 400. The van der Waals surface area contributed by atoms with E-state index >= 15 is 0 Å². The van der Waals surface area contributed by atoms with Crippen LogP contribution in [0.15, 0.2) is 16.7 Å². The molecule has 2 heterocycles. The average Bonchev–Trinajstić information content (AvgIpc) is 2.77. The van der Waals surface area contributed by atoms with E-state index in [1.54, 1.807) is 0 Å². The Morgan fingerprint density at radius 1 is 1.33 bits per heavy atom. The first kappa shape index (κ1) is 16.6. The van der Waals surface area contributed by atoms with E-state index < -0.39 is 0 Å². The Morgan fingerprint density at radius 3 is 2.95 bits per heavy atom. The summed E-state index contributed by atoms with van der Waals surface area (Å²) in [5.41, 5.74) is 1.36. The van der Waals surface area contributed by atoms with Crippen molar-refractivity contribution in [2.75, 3.05) is 13.1 Å². The lowest BCUT2D eigenvalue weighted by atomic mass is 9.96. The average molecular weight is 292 g/mol. The van der Waals surface area contributed by atoms with Crippen LogP contribution in [0.25, 0.3) is 0 Å². The minimum atomic E-state index is 0.496. The molecule has 0 amide bonds. The molecule has 0 bridgehead atoms. The topological polar surface area (TPSA) is 28.4 Å². The van der Waals surface area contributed by atoms with E-state index in [0.29, 0.717) is 6.04 Å². The maximum atomic E-state index is 5.66. The van der Waals surface area contributed by atoms with Crippen molar-refractivity contribution in [2.45, 2.75) is 72.0 Å². The summed E-state index contributed by atoms with van der Waals surface area (Å²) in [7, 11) is 0. The van der Waals surface area contributed by atoms with Gasteiger partial charge in [-0.3, -0.25) is 4.90 Å². The molecule has 0 aliphatic carbocycles. The van der Waals surface area contributed by atoms with Crippen molar-refractivity contribution < 1.29 is 4.42 Å². The fourth-order valence-electron chi connectivity index (χ4n) is 3.28. The lowest BCUT2D eigenvalue weighted by Gasteiger charge is -2.20. The number of nitrogens with one attached hydrogen (secondary N) is 1. The van der Waals surface area contributed by atoms with Crippen molar-refractivity contribution in [3.05, 3.63) is 23.7 Å². The number of nitrogens with zero attached hydrogens (tertiary/aromatic N) is 1. The maximum Gasteiger partial charge on any atom is 0.122 e. The van der Waals surface area contributed by atoms with Gasteiger partial charge in [0.05, 0.1) is 12.8 Å². The molecular formula is C18H32N2O. The Hall–Kier alpha value is -0.800. The second kappa shape index (κ2) is 8.60. The summed E-state index contributed by atoms with van der Waals surface area (Å²) in [6.07, 6.45) is 8.70. The second-order valence-electron chi connectivity index (χ2n) is 6.77. The van der Waals surface area contributed by atoms with E-state index in [-0.39, 0.29) is 0 Å². The summed E-state index contributed by atoms with van der Waals surface area (Å²) in [5.74, 6) is 2.06. The predicted molar refractivity (Wildman–Crippen MR) is 88.2 cm³/mol. The van der Waals surface area contributed by atoms with Crippen molar-refractivity contribution in [3.63, 3.8) is 0 Å². The molecule has 2 rings (SSSR count). The summed E-state index contributed by atoms with van der Waals surface area (Å²) in [5, 5.41) is 3.45. The van der Waals surface area contributed by atoms with Gasteiger partial charge in [0.25, 0.3) is 0 Å². The van der Waals surface area contributed by atoms with Gasteiger partial charge in [0.15, 0.2) is 0 Å². The monoisotopic (exact) mass is 292 g/mol. The van der Waals surface area contributed by atoms with Crippen LogP contribution in [0, 0.1) is 5.92 Å². The van der Waals surface area contributed by atoms with Gasteiger partial charge in [-0.25, -0.2) is 0 Å². The van der Waals surface area contributed by atoms with Crippen LogP contribution in [0.3, 0.4) is 0 Å². The molecule has 0 spiro atoms. The number of hydrogen-bond acceptors (Lipinski definition) is 3. The van der Waals surface area contributed by atoms with Crippen molar-refractivity contribution in [1.82, 2.24) is 10.2 Å². The fraction of sp³-hybridized carbons (Fsp3) is 0.778. The van der Waals surface area contributed by atoms with Crippen LogP contribution >= 0.6 is 0 Å². The molecule has 1 aliphatic rings. The van der Waals surface area contributed by atoms with E-state index in [9.17, 15) is 0 Å². The Labute approximate surface area is 130 Å². The summed E-state index contributed by atoms with van der Waals surface area (Å²) in [6, 6.07) is 2.64. The van der Waals surface area contributed by atoms with Crippen LogP contribution < -0.4 is 5.32 Å². The van der Waals surface area contributed by atoms with Crippen LogP contribution in [0.2, 0.25) is 0 Å². The second-order valence-corrected chi connectivity index (χ2v) is 6.77. The van der Waals surface area contributed by atoms with Gasteiger partial charge in [-0.15, -0.1) is 0 Å². The van der Waals surface area contributed by atoms with Crippen molar-refractivity contribution in [3.8, 4) is 0 Å². The van der Waals surface area contributed by atoms with Gasteiger partial charge in [0.2, 0.25) is 0 Å². The molecule has 1 saturated heterocycles. The third-order valence-electron chi connectivity index (χ3n) is 4.54. The lowest BCUT2D eigenvalue weighted by Crippen LogP contribution is -2.26. The Balaban J connectivity index is 1.85. The highest BCUT2D eigenvalue weighted by molar-refractivity contribution is 5.17. The van der Waals surface area contributed by atoms with Crippen molar-refractivity contribution >= 4 is 0 Å². The number of rotatable bonds is 7. The SMILES string of the molecule is CCCC1CCCN(Cc2ccoc2CNC(C)C)CC1. The zero-order chi connectivity index (χ0) is 15.1. The summed E-state index contributed by atoms with van der Waals surface area (Å²) >= 11 is 0. The van der Waals surface area contributed by atoms with Crippen molar-refractivity contribution in [2.24, 2.45) is 5.92 Å². The first-order chi connectivity index (χ1) is 10.2. The smallest absolute Gasteiger partial charge is 0.122 e. The number of furan rings is 1. The number of likely N-dealkylation sites (tertiary alicyclic amines) is 1. The third kappa shape index (κ3) is 5.48. The van der Waals surface area contributed by atoms with E-state index in [2.05, 4.69) is 37.1 Å². The highest BCUT2D eigenvalue weighted by atomic mass is 16.3. The van der Waals surface area contributed by atoms with Gasteiger partial charge in [0.1, 0.15) is 5.76 Å². The molecule has 1 aromatic heterocycles. The Kier molecular flexibility index (Phi) is 6.78. The largest absolute Gasteiger partial charge is 0.468 e. The standard InChI is InChI=1S/C18H32N2O/c1-4-6-16-7-5-10-20(11-8-16)14-17-9-12-21-18(17)13-19-15(2)3/h9,12,15-16,19H,4-8,10-11,13-14H2,1-3H3. The van der Waals surface area contributed by atoms with Crippen LogP contribution in [0.1, 0.15) is 64.2 Å². The summed E-state index contributed by atoms with van der Waals surface area (Å²) in [6.45, 7) is 11.0. The molecule has 3 nitrogen and oxygen atoms in total. The zero-order valence-corrected chi connectivity index (χ0v) is 14.0. The molecule has 1 unspecified atom stereocenters. The molecule has 0 saturated carbocycles. The zero-order valence-electron chi connectivity index (χ0n) is 14.0. The van der Waals surface area contributed by atoms with Gasteiger partial charge in [-0.1, -0.05) is 33.6 Å². The molecule has 1 fully saturated rings. The minimum Gasteiger partial charge on any atom is -0.468 e. The van der Waals surface area contributed by atoms with Crippen molar-refractivity contribution in [1.29, 1.82) is 0 Å². The van der Waals surface area contributed by atoms with Gasteiger partial charge in [-0.2, -0.15) is 0 Å². The van der Waals surface area contributed by atoms with Gasteiger partial charge >= 0.3 is 0 Å². The first-order valence-corrected chi connectivity index (χ1v) is 8.70. The highest BCUT2D eigenvalue weighted by Crippen LogP contribution is 2.23. The van der Waals surface area contributed by atoms with Gasteiger partial charge in [0, 0.05) is 18.2 Å². The molecule has 1 N–H and O–H groups in total. The molecule has 0 radical (unpaired) electrons. The normalized spacial score (nSPS) is 20.9. The molecule has 21 heavy (non-hydrogen) atoms. The quantitative estimate of drug-likeness (QED) is 0.817. The van der Waals surface area contributed by atoms with E-state index in [1.165, 1.54) is 50.8 Å². The summed E-state index contributed by atoms with van der Waals surface area (Å²) < 4.78 is 5.66. The van der Waals surface area contributed by atoms with E-state index in [0.717, 1.165) is 24.8 Å². The minimum absolute atomic E-state index is 0.496. The molecule has 3 heteroatoms. The third-order valence-corrected chi connectivity index (χ3v) is 4.54. The van der Waals surface area contributed by atoms with Crippen LogP contribution in [-0.4, -0.2) is 24.0 Å². The van der Waals surface area contributed by atoms with Gasteiger partial charge < -0.3 is 9.73 Å². The Morgan fingerprint density at radius 2 is 2.19 bits per heavy atom. The predicted octanol–water partition coefficient (Wildman–Crippen LogP) is 4.18. The number of hydrogen-bond donors (Lipinski definition) is 1. The van der Waals surface area contributed by atoms with Crippen LogP contribution in [-0.2, 0) is 13.1 Å². The molecule has 1 aromatic rings. The molecular weight excluding hydrogens is 260 g/mol. The first-order valence-electron chi connectivity index (χ1n) is 8.70. The van der Waals surface area contributed by atoms with E-state index in [1.807, 2.05) is 6.26 Å². The highest BCUT2D eigenvalue weighted by Gasteiger charge is 2.18. The lowest BCUT2D eigenvalue weighted by molar-refractivity contribution is 0.268. The van der Waals surface area contributed by atoms with Crippen LogP contribution in [0.4, 0.5) is 0 Å². The molecule has 1 atom stereocenters. The molecule has 120 valence electrons. The van der Waals surface area contributed by atoms with Crippen LogP contribution in [0.5, 0.6) is 0 Å². The molecule has 0 aromatic carbocycles. The van der Waals surface area contributed by atoms with E-state index in [4.69, 9.17) is 4.42 Å². The van der Waals surface area contributed by atoms with Gasteiger partial charge in [-0.05, 0) is 44.3 Å². The summed E-state index contributed by atoms with van der Waals surface area (Å²) in [4.78, 5) is 2.61. The fourth-order valence-corrected chi connectivity index (χ4v) is 3.28.